The van der Waals surface area contributed by atoms with Gasteiger partial charge in [-0.3, -0.25) is 4.98 Å². The number of hydrogen-bond acceptors (Lipinski definition) is 5. The second-order valence-corrected chi connectivity index (χ2v) is 4.59. The number of rotatable bonds is 2. The van der Waals surface area contributed by atoms with Gasteiger partial charge in [-0.15, -0.1) is 10.2 Å². The molecule has 0 fully saturated rings. The van der Waals surface area contributed by atoms with Crippen LogP contribution in [0.25, 0.3) is 5.57 Å². The first kappa shape index (κ1) is 9.62. The molecule has 0 aliphatic heterocycles. The van der Waals surface area contributed by atoms with Crippen LogP contribution < -0.4 is 5.73 Å². The van der Waals surface area contributed by atoms with Crippen molar-refractivity contribution in [3.8, 4) is 0 Å². The van der Waals surface area contributed by atoms with E-state index in [0.29, 0.717) is 6.54 Å². The maximum atomic E-state index is 5.53. The van der Waals surface area contributed by atoms with Crippen molar-refractivity contribution >= 4 is 16.9 Å². The smallest absolute Gasteiger partial charge is 0.148 e. The van der Waals surface area contributed by atoms with E-state index in [1.54, 1.807) is 11.3 Å². The summed E-state index contributed by atoms with van der Waals surface area (Å²) in [6.45, 7) is 0.449. The average molecular weight is 230 g/mol. The normalized spacial score (nSPS) is 13.7. The van der Waals surface area contributed by atoms with Crippen molar-refractivity contribution in [2.75, 3.05) is 0 Å². The number of allylic oxidation sites excluding steroid dienone is 1. The first-order chi connectivity index (χ1) is 7.88. The van der Waals surface area contributed by atoms with Gasteiger partial charge in [0.1, 0.15) is 10.0 Å². The Morgan fingerprint density at radius 2 is 2.31 bits per heavy atom. The van der Waals surface area contributed by atoms with Gasteiger partial charge in [0.05, 0.1) is 5.69 Å². The second kappa shape index (κ2) is 3.77. The average Bonchev–Trinajstić information content (AvgIpc) is 2.94. The Morgan fingerprint density at radius 1 is 1.38 bits per heavy atom. The zero-order valence-corrected chi connectivity index (χ0v) is 9.37. The van der Waals surface area contributed by atoms with Crippen LogP contribution in [0.4, 0.5) is 0 Å². The van der Waals surface area contributed by atoms with Crippen LogP contribution in [0.5, 0.6) is 0 Å². The Bertz CT molecular complexity index is 559. The predicted octanol–water partition coefficient (Wildman–Crippen LogP) is 1.38. The molecule has 3 rings (SSSR count). The van der Waals surface area contributed by atoms with Crippen LogP contribution in [0.15, 0.2) is 24.4 Å². The Balaban J connectivity index is 2.04. The first-order valence-corrected chi connectivity index (χ1v) is 5.87. The minimum atomic E-state index is 0.449. The number of hydrogen-bond donors (Lipinski definition) is 1. The van der Waals surface area contributed by atoms with Crippen LogP contribution in [0.3, 0.4) is 0 Å². The molecule has 16 heavy (non-hydrogen) atoms. The minimum absolute atomic E-state index is 0.449. The quantitative estimate of drug-likeness (QED) is 0.846. The zero-order valence-electron chi connectivity index (χ0n) is 8.55. The molecule has 2 aromatic heterocycles. The standard InChI is InChI=1S/C11H10N4S/c12-6-10-14-15-11(16-10)8-3-4-9-7(8)2-1-5-13-9/h1-3,5H,4,6,12H2. The molecule has 4 nitrogen and oxygen atoms in total. The van der Waals surface area contributed by atoms with Gasteiger partial charge < -0.3 is 5.73 Å². The molecule has 0 radical (unpaired) electrons. The third-order valence-electron chi connectivity index (χ3n) is 2.55. The third kappa shape index (κ3) is 1.45. The van der Waals surface area contributed by atoms with Crippen LogP contribution in [0, 0.1) is 0 Å². The molecular formula is C11H10N4S. The van der Waals surface area contributed by atoms with Gasteiger partial charge in [-0.05, 0) is 6.07 Å². The van der Waals surface area contributed by atoms with Crippen LogP contribution in [0.2, 0.25) is 0 Å². The van der Waals surface area contributed by atoms with Gasteiger partial charge in [0.15, 0.2) is 0 Å². The van der Waals surface area contributed by atoms with Gasteiger partial charge in [-0.1, -0.05) is 23.5 Å². The fourth-order valence-corrected chi connectivity index (χ4v) is 2.58. The molecule has 5 heteroatoms. The largest absolute Gasteiger partial charge is 0.324 e. The molecule has 0 bridgehead atoms. The van der Waals surface area contributed by atoms with Gasteiger partial charge >= 0.3 is 0 Å². The molecule has 80 valence electrons. The maximum Gasteiger partial charge on any atom is 0.148 e. The number of aromatic nitrogens is 3. The van der Waals surface area contributed by atoms with Crippen LogP contribution in [-0.2, 0) is 13.0 Å². The van der Waals surface area contributed by atoms with Crippen molar-refractivity contribution in [1.82, 2.24) is 15.2 Å². The van der Waals surface area contributed by atoms with Crippen molar-refractivity contribution in [2.45, 2.75) is 13.0 Å². The minimum Gasteiger partial charge on any atom is -0.324 e. The third-order valence-corrected chi connectivity index (χ3v) is 3.53. The molecule has 1 aliphatic carbocycles. The summed E-state index contributed by atoms with van der Waals surface area (Å²) in [4.78, 5) is 4.34. The van der Waals surface area contributed by atoms with Crippen LogP contribution in [-0.4, -0.2) is 15.2 Å². The monoisotopic (exact) mass is 230 g/mol. The lowest BCUT2D eigenvalue weighted by Gasteiger charge is -1.99. The second-order valence-electron chi connectivity index (χ2n) is 3.52. The van der Waals surface area contributed by atoms with E-state index in [4.69, 9.17) is 5.73 Å². The fourth-order valence-electron chi connectivity index (χ4n) is 1.80. The van der Waals surface area contributed by atoms with Gasteiger partial charge in [-0.25, -0.2) is 0 Å². The Kier molecular flexibility index (Phi) is 2.27. The molecule has 0 saturated heterocycles. The highest BCUT2D eigenvalue weighted by atomic mass is 32.1. The molecule has 2 aromatic rings. The number of pyridine rings is 1. The van der Waals surface area contributed by atoms with E-state index in [-0.39, 0.29) is 0 Å². The Hall–Kier alpha value is -1.59. The molecule has 0 spiro atoms. The number of fused-ring (bicyclic) bond motifs is 1. The molecule has 0 amide bonds. The van der Waals surface area contributed by atoms with Crippen molar-refractivity contribution in [3.63, 3.8) is 0 Å². The molecule has 2 heterocycles. The molecule has 0 unspecified atom stereocenters. The van der Waals surface area contributed by atoms with E-state index >= 15 is 0 Å². The van der Waals surface area contributed by atoms with Crippen LogP contribution >= 0.6 is 11.3 Å². The Morgan fingerprint density at radius 3 is 3.12 bits per heavy atom. The van der Waals surface area contributed by atoms with Crippen molar-refractivity contribution in [1.29, 1.82) is 0 Å². The SMILES string of the molecule is NCc1nnc(C2=CCc3ncccc32)s1. The van der Waals surface area contributed by atoms with Crippen LogP contribution in [0.1, 0.15) is 21.3 Å². The topological polar surface area (TPSA) is 64.7 Å². The predicted molar refractivity (Wildman–Crippen MR) is 62.8 cm³/mol. The molecule has 2 N–H and O–H groups in total. The van der Waals surface area contributed by atoms with E-state index < -0.39 is 0 Å². The maximum absolute atomic E-state index is 5.53. The van der Waals surface area contributed by atoms with E-state index in [1.807, 2.05) is 12.3 Å². The van der Waals surface area contributed by atoms with Crippen molar-refractivity contribution in [2.24, 2.45) is 5.73 Å². The summed E-state index contributed by atoms with van der Waals surface area (Å²) >= 11 is 1.55. The lowest BCUT2D eigenvalue weighted by molar-refractivity contribution is 0.953. The number of nitrogens with zero attached hydrogens (tertiary/aromatic N) is 3. The molecule has 0 aromatic carbocycles. The van der Waals surface area contributed by atoms with E-state index in [2.05, 4.69) is 27.3 Å². The highest BCUT2D eigenvalue weighted by Crippen LogP contribution is 2.32. The van der Waals surface area contributed by atoms with Gasteiger partial charge in [0.2, 0.25) is 0 Å². The highest BCUT2D eigenvalue weighted by Gasteiger charge is 2.19. The van der Waals surface area contributed by atoms with E-state index in [0.717, 1.165) is 27.7 Å². The van der Waals surface area contributed by atoms with Gasteiger partial charge in [0, 0.05) is 30.3 Å². The summed E-state index contributed by atoms with van der Waals surface area (Å²) < 4.78 is 0. The highest BCUT2D eigenvalue weighted by molar-refractivity contribution is 7.12. The van der Waals surface area contributed by atoms with E-state index in [1.165, 1.54) is 5.56 Å². The summed E-state index contributed by atoms with van der Waals surface area (Å²) in [6.07, 6.45) is 4.85. The molecule has 1 aliphatic rings. The molecule has 0 atom stereocenters. The summed E-state index contributed by atoms with van der Waals surface area (Å²) in [5.74, 6) is 0. The first-order valence-electron chi connectivity index (χ1n) is 5.05. The van der Waals surface area contributed by atoms with Gasteiger partial charge in [0.25, 0.3) is 0 Å². The Labute approximate surface area is 96.9 Å². The number of nitrogens with two attached hydrogens (primary N) is 1. The van der Waals surface area contributed by atoms with Crippen molar-refractivity contribution < 1.29 is 0 Å². The summed E-state index contributed by atoms with van der Waals surface area (Å²) in [6, 6.07) is 4.02. The fraction of sp³-hybridized carbons (Fsp3) is 0.182. The summed E-state index contributed by atoms with van der Waals surface area (Å²) in [7, 11) is 0. The summed E-state index contributed by atoms with van der Waals surface area (Å²) in [5, 5.41) is 10.0. The lowest BCUT2D eigenvalue weighted by Crippen LogP contribution is -1.94. The van der Waals surface area contributed by atoms with Crippen molar-refractivity contribution in [3.05, 3.63) is 45.7 Å². The van der Waals surface area contributed by atoms with Gasteiger partial charge in [-0.2, -0.15) is 0 Å². The lowest BCUT2D eigenvalue weighted by atomic mass is 10.1. The summed E-state index contributed by atoms with van der Waals surface area (Å²) in [5.41, 5.74) is 8.95. The molecule has 0 saturated carbocycles. The van der Waals surface area contributed by atoms with E-state index in [9.17, 15) is 0 Å². The molecular weight excluding hydrogens is 220 g/mol. The zero-order chi connectivity index (χ0) is 11.0.